The number of nitrogens with zero attached hydrogens (tertiary/aromatic N) is 4. The number of pyridine rings is 1. The Morgan fingerprint density at radius 3 is 2.65 bits per heavy atom. The zero-order valence-corrected chi connectivity index (χ0v) is 18.6. The fourth-order valence-electron chi connectivity index (χ4n) is 3.98. The maximum atomic E-state index is 13.7. The first kappa shape index (κ1) is 21.5. The Hall–Kier alpha value is -2.70. The second-order valence-electron chi connectivity index (χ2n) is 7.69. The third-order valence-corrected chi connectivity index (χ3v) is 6.07. The van der Waals surface area contributed by atoms with Gasteiger partial charge in [-0.3, -0.25) is 4.79 Å². The summed E-state index contributed by atoms with van der Waals surface area (Å²) in [5.41, 5.74) is 1.20. The number of likely N-dealkylation sites (tertiary alicyclic amines) is 1. The molecule has 3 heterocycles. The van der Waals surface area contributed by atoms with Gasteiger partial charge in [-0.1, -0.05) is 30.1 Å². The van der Waals surface area contributed by atoms with Crippen LogP contribution in [-0.2, 0) is 0 Å². The van der Waals surface area contributed by atoms with Gasteiger partial charge in [0.2, 0.25) is 0 Å². The number of anilines is 1. The highest BCUT2D eigenvalue weighted by Gasteiger charge is 2.33. The molecule has 1 fully saturated rings. The number of carbonyl (C=O) groups excluding carboxylic acids is 1. The Labute approximate surface area is 191 Å². The first-order valence-corrected chi connectivity index (χ1v) is 11.0. The zero-order valence-electron chi connectivity index (χ0n) is 17.1. The van der Waals surface area contributed by atoms with Crippen molar-refractivity contribution >= 4 is 34.9 Å². The smallest absolute Gasteiger partial charge is 0.254 e. The van der Waals surface area contributed by atoms with Gasteiger partial charge >= 0.3 is 0 Å². The quantitative estimate of drug-likeness (QED) is 0.572. The molecule has 1 aliphatic heterocycles. The molecule has 0 saturated carbocycles. The number of nitrogens with one attached hydrogen (secondary N) is 1. The number of carbonyl (C=O) groups is 1. The van der Waals surface area contributed by atoms with Gasteiger partial charge in [-0.05, 0) is 55.2 Å². The lowest BCUT2D eigenvalue weighted by molar-refractivity contribution is 0.0541. The SMILES string of the molecule is CC1CCCN(C(=O)c2ccc(Cl)cc2-c2ncccn2)C1CNc1ccc(Cl)cn1. The minimum atomic E-state index is -0.0402. The van der Waals surface area contributed by atoms with E-state index in [9.17, 15) is 4.79 Å². The van der Waals surface area contributed by atoms with E-state index in [0.717, 1.165) is 18.7 Å². The van der Waals surface area contributed by atoms with Crippen LogP contribution in [0.3, 0.4) is 0 Å². The minimum absolute atomic E-state index is 0.0268. The highest BCUT2D eigenvalue weighted by Crippen LogP contribution is 2.30. The summed E-state index contributed by atoms with van der Waals surface area (Å²) in [6.07, 6.45) is 6.96. The Bertz CT molecular complexity index is 1050. The van der Waals surface area contributed by atoms with Gasteiger partial charge in [-0.2, -0.15) is 0 Å². The number of aromatic nitrogens is 3. The molecule has 160 valence electrons. The van der Waals surface area contributed by atoms with Crippen molar-refractivity contribution in [3.63, 3.8) is 0 Å². The van der Waals surface area contributed by atoms with Crippen LogP contribution in [0.1, 0.15) is 30.1 Å². The predicted octanol–water partition coefficient (Wildman–Crippen LogP) is 5.20. The summed E-state index contributed by atoms with van der Waals surface area (Å²) in [5, 5.41) is 4.48. The van der Waals surface area contributed by atoms with E-state index in [0.29, 0.717) is 46.0 Å². The van der Waals surface area contributed by atoms with E-state index >= 15 is 0 Å². The molecular formula is C23H23Cl2N5O. The van der Waals surface area contributed by atoms with E-state index in [-0.39, 0.29) is 11.9 Å². The van der Waals surface area contributed by atoms with Crippen LogP contribution in [0.4, 0.5) is 5.82 Å². The number of rotatable bonds is 5. The molecule has 0 spiro atoms. The second-order valence-corrected chi connectivity index (χ2v) is 8.56. The van der Waals surface area contributed by atoms with Crippen LogP contribution in [0.25, 0.3) is 11.4 Å². The summed E-state index contributed by atoms with van der Waals surface area (Å²) >= 11 is 12.2. The summed E-state index contributed by atoms with van der Waals surface area (Å²) in [6.45, 7) is 3.48. The van der Waals surface area contributed by atoms with Crippen molar-refractivity contribution in [2.24, 2.45) is 5.92 Å². The van der Waals surface area contributed by atoms with Crippen LogP contribution in [0, 0.1) is 5.92 Å². The summed E-state index contributed by atoms with van der Waals surface area (Å²) < 4.78 is 0. The maximum absolute atomic E-state index is 13.7. The van der Waals surface area contributed by atoms with Crippen molar-refractivity contribution in [2.45, 2.75) is 25.8 Å². The van der Waals surface area contributed by atoms with E-state index in [1.54, 1.807) is 48.9 Å². The molecule has 1 saturated heterocycles. The van der Waals surface area contributed by atoms with Crippen LogP contribution in [0.15, 0.2) is 55.0 Å². The molecule has 0 aliphatic carbocycles. The maximum Gasteiger partial charge on any atom is 0.254 e. The summed E-state index contributed by atoms with van der Waals surface area (Å²) in [6, 6.07) is 10.7. The van der Waals surface area contributed by atoms with Crippen LogP contribution in [0.5, 0.6) is 0 Å². The number of hydrogen-bond donors (Lipinski definition) is 1. The number of amides is 1. The Kier molecular flexibility index (Phi) is 6.68. The third-order valence-electron chi connectivity index (χ3n) is 5.61. The minimum Gasteiger partial charge on any atom is -0.368 e. The van der Waals surface area contributed by atoms with Crippen molar-refractivity contribution in [1.82, 2.24) is 19.9 Å². The lowest BCUT2D eigenvalue weighted by Crippen LogP contribution is -2.51. The van der Waals surface area contributed by atoms with E-state index < -0.39 is 0 Å². The van der Waals surface area contributed by atoms with E-state index in [1.807, 2.05) is 11.0 Å². The van der Waals surface area contributed by atoms with Gasteiger partial charge in [-0.25, -0.2) is 15.0 Å². The average Bonchev–Trinajstić information content (AvgIpc) is 2.79. The van der Waals surface area contributed by atoms with Crippen molar-refractivity contribution in [1.29, 1.82) is 0 Å². The van der Waals surface area contributed by atoms with Crippen molar-refractivity contribution in [2.75, 3.05) is 18.4 Å². The van der Waals surface area contributed by atoms with Crippen LogP contribution < -0.4 is 5.32 Å². The molecule has 1 N–H and O–H groups in total. The molecule has 1 amide bonds. The monoisotopic (exact) mass is 455 g/mol. The second kappa shape index (κ2) is 9.62. The molecular weight excluding hydrogens is 433 g/mol. The molecule has 6 nitrogen and oxygen atoms in total. The number of hydrogen-bond acceptors (Lipinski definition) is 5. The molecule has 1 aromatic carbocycles. The molecule has 31 heavy (non-hydrogen) atoms. The predicted molar refractivity (Wildman–Crippen MR) is 123 cm³/mol. The zero-order chi connectivity index (χ0) is 21.8. The van der Waals surface area contributed by atoms with Crippen LogP contribution in [-0.4, -0.2) is 44.9 Å². The Balaban J connectivity index is 1.61. The van der Waals surface area contributed by atoms with E-state index in [2.05, 4.69) is 27.2 Å². The summed E-state index contributed by atoms with van der Waals surface area (Å²) in [5.74, 6) is 1.53. The molecule has 2 unspecified atom stereocenters. The largest absolute Gasteiger partial charge is 0.368 e. The fraction of sp³-hybridized carbons (Fsp3) is 0.304. The van der Waals surface area contributed by atoms with Crippen LogP contribution in [0.2, 0.25) is 10.0 Å². The van der Waals surface area contributed by atoms with Gasteiger partial charge in [0, 0.05) is 42.3 Å². The van der Waals surface area contributed by atoms with Gasteiger partial charge in [0.15, 0.2) is 5.82 Å². The topological polar surface area (TPSA) is 71.0 Å². The van der Waals surface area contributed by atoms with Crippen molar-refractivity contribution in [3.8, 4) is 11.4 Å². The van der Waals surface area contributed by atoms with Gasteiger partial charge in [0.25, 0.3) is 5.91 Å². The van der Waals surface area contributed by atoms with Gasteiger partial charge in [-0.15, -0.1) is 0 Å². The Morgan fingerprint density at radius 1 is 1.13 bits per heavy atom. The molecule has 3 aromatic rings. The van der Waals surface area contributed by atoms with Crippen LogP contribution >= 0.6 is 23.2 Å². The first-order valence-electron chi connectivity index (χ1n) is 10.3. The molecule has 1 aliphatic rings. The normalized spacial score (nSPS) is 18.6. The Morgan fingerprint density at radius 2 is 1.90 bits per heavy atom. The third kappa shape index (κ3) is 4.97. The van der Waals surface area contributed by atoms with E-state index in [1.165, 1.54) is 0 Å². The number of halogens is 2. The first-order chi connectivity index (χ1) is 15.0. The average molecular weight is 456 g/mol. The number of benzene rings is 1. The van der Waals surface area contributed by atoms with Crippen molar-refractivity contribution < 1.29 is 4.79 Å². The van der Waals surface area contributed by atoms with E-state index in [4.69, 9.17) is 23.2 Å². The molecule has 0 bridgehead atoms. The highest BCUT2D eigenvalue weighted by molar-refractivity contribution is 6.31. The molecule has 2 aromatic heterocycles. The standard InChI is InChI=1S/C23H23Cl2N5O/c1-15-4-2-11-30(20(15)14-29-21-8-6-17(25)13-28-21)23(31)18-7-5-16(24)12-19(18)22-26-9-3-10-27-22/h3,5-10,12-13,15,20H,2,4,11,14H2,1H3,(H,28,29). The fourth-order valence-corrected chi connectivity index (χ4v) is 4.27. The van der Waals surface area contributed by atoms with Gasteiger partial charge in [0.1, 0.15) is 5.82 Å². The number of piperidine rings is 1. The molecule has 8 heteroatoms. The molecule has 4 rings (SSSR count). The van der Waals surface area contributed by atoms with Gasteiger partial charge < -0.3 is 10.2 Å². The molecule has 0 radical (unpaired) electrons. The highest BCUT2D eigenvalue weighted by atomic mass is 35.5. The lowest BCUT2D eigenvalue weighted by Gasteiger charge is -2.40. The van der Waals surface area contributed by atoms with Crippen molar-refractivity contribution in [3.05, 3.63) is 70.6 Å². The lowest BCUT2D eigenvalue weighted by atomic mass is 9.89. The summed E-state index contributed by atoms with van der Waals surface area (Å²) in [7, 11) is 0. The molecule has 2 atom stereocenters. The summed E-state index contributed by atoms with van der Waals surface area (Å²) in [4.78, 5) is 28.6. The van der Waals surface area contributed by atoms with Gasteiger partial charge in [0.05, 0.1) is 16.6 Å².